The summed E-state index contributed by atoms with van der Waals surface area (Å²) < 4.78 is 16.9. The second kappa shape index (κ2) is 50.4. The fourth-order valence-corrected chi connectivity index (χ4v) is 8.57. The van der Waals surface area contributed by atoms with E-state index >= 15 is 0 Å². The van der Waals surface area contributed by atoms with Gasteiger partial charge >= 0.3 is 17.9 Å². The standard InChI is InChI=1S/C56H108O6/c1-5-7-9-11-13-15-17-19-21-23-28-32-36-40-44-48-55(58)61-51-53(50-60-54(57)47-43-39-35-31-27-22-20-18-16-14-12-10-8-6-2)62-56(59)49-45-41-37-33-29-25-24-26-30-34-38-42-46-52(3)4/h52-53H,5-51H2,1-4H3/t53-/m1/s1. The van der Waals surface area contributed by atoms with E-state index in [2.05, 4.69) is 27.7 Å². The summed E-state index contributed by atoms with van der Waals surface area (Å²) in [6.45, 7) is 9.05. The van der Waals surface area contributed by atoms with Crippen molar-refractivity contribution in [3.05, 3.63) is 0 Å². The summed E-state index contributed by atoms with van der Waals surface area (Å²) in [7, 11) is 0. The highest BCUT2D eigenvalue weighted by Crippen LogP contribution is 2.18. The summed E-state index contributed by atoms with van der Waals surface area (Å²) >= 11 is 0. The Labute approximate surface area is 387 Å². The Morgan fingerprint density at radius 3 is 0.790 bits per heavy atom. The quantitative estimate of drug-likeness (QED) is 0.0344. The number of unbranched alkanes of at least 4 members (excludes halogenated alkanes) is 38. The van der Waals surface area contributed by atoms with E-state index < -0.39 is 6.10 Å². The highest BCUT2D eigenvalue weighted by Gasteiger charge is 2.19. The van der Waals surface area contributed by atoms with Gasteiger partial charge in [-0.05, 0) is 25.2 Å². The van der Waals surface area contributed by atoms with E-state index in [1.165, 1.54) is 212 Å². The van der Waals surface area contributed by atoms with Crippen molar-refractivity contribution in [3.8, 4) is 0 Å². The molecule has 0 heterocycles. The number of hydrogen-bond donors (Lipinski definition) is 0. The van der Waals surface area contributed by atoms with Gasteiger partial charge in [0.15, 0.2) is 6.10 Å². The van der Waals surface area contributed by atoms with Gasteiger partial charge in [0.2, 0.25) is 0 Å². The molecule has 0 fully saturated rings. The molecule has 0 aromatic rings. The Bertz CT molecular complexity index is 933. The molecule has 6 nitrogen and oxygen atoms in total. The minimum Gasteiger partial charge on any atom is -0.462 e. The molecular formula is C56H108O6. The van der Waals surface area contributed by atoms with Crippen molar-refractivity contribution in [2.24, 2.45) is 5.92 Å². The van der Waals surface area contributed by atoms with Gasteiger partial charge < -0.3 is 14.2 Å². The molecule has 0 aromatic carbocycles. The molecule has 62 heavy (non-hydrogen) atoms. The lowest BCUT2D eigenvalue weighted by Gasteiger charge is -2.18. The monoisotopic (exact) mass is 877 g/mol. The third-order valence-electron chi connectivity index (χ3n) is 12.8. The van der Waals surface area contributed by atoms with Gasteiger partial charge in [-0.1, -0.05) is 278 Å². The topological polar surface area (TPSA) is 78.9 Å². The van der Waals surface area contributed by atoms with Crippen LogP contribution in [0.15, 0.2) is 0 Å². The highest BCUT2D eigenvalue weighted by atomic mass is 16.6. The molecular weight excluding hydrogens is 769 g/mol. The minimum absolute atomic E-state index is 0.0621. The van der Waals surface area contributed by atoms with Crippen LogP contribution in [0.4, 0.5) is 0 Å². The van der Waals surface area contributed by atoms with Crippen LogP contribution in [0.25, 0.3) is 0 Å². The fraction of sp³-hybridized carbons (Fsp3) is 0.946. The minimum atomic E-state index is -0.761. The van der Waals surface area contributed by atoms with Crippen LogP contribution >= 0.6 is 0 Å². The molecule has 0 saturated carbocycles. The first-order chi connectivity index (χ1) is 30.4. The molecule has 0 N–H and O–H groups in total. The Morgan fingerprint density at radius 2 is 0.532 bits per heavy atom. The molecule has 0 aliphatic carbocycles. The first kappa shape index (κ1) is 60.4. The lowest BCUT2D eigenvalue weighted by Crippen LogP contribution is -2.30. The average Bonchev–Trinajstić information content (AvgIpc) is 3.26. The van der Waals surface area contributed by atoms with E-state index in [0.29, 0.717) is 19.3 Å². The number of carbonyl (C=O) groups is 3. The maximum Gasteiger partial charge on any atom is 0.306 e. The van der Waals surface area contributed by atoms with Crippen molar-refractivity contribution in [2.45, 2.75) is 323 Å². The number of hydrogen-bond acceptors (Lipinski definition) is 6. The van der Waals surface area contributed by atoms with Crippen LogP contribution in [0.3, 0.4) is 0 Å². The van der Waals surface area contributed by atoms with Gasteiger partial charge in [0.05, 0.1) is 0 Å². The van der Waals surface area contributed by atoms with Gasteiger partial charge in [-0.3, -0.25) is 14.4 Å². The summed E-state index contributed by atoms with van der Waals surface area (Å²) in [5.74, 6) is -0.00562. The molecule has 0 aliphatic heterocycles. The first-order valence-electron chi connectivity index (χ1n) is 27.9. The summed E-state index contributed by atoms with van der Waals surface area (Å²) in [5, 5.41) is 0. The Balaban J connectivity index is 4.31. The summed E-state index contributed by atoms with van der Waals surface area (Å²) in [5.41, 5.74) is 0. The number of carbonyl (C=O) groups excluding carboxylic acids is 3. The summed E-state index contributed by atoms with van der Waals surface area (Å²) in [6.07, 6.45) is 53.7. The maximum atomic E-state index is 12.8. The molecule has 0 amide bonds. The van der Waals surface area contributed by atoms with Gasteiger partial charge in [-0.2, -0.15) is 0 Å². The van der Waals surface area contributed by atoms with Crippen molar-refractivity contribution in [1.82, 2.24) is 0 Å². The van der Waals surface area contributed by atoms with Gasteiger partial charge in [0.1, 0.15) is 13.2 Å². The van der Waals surface area contributed by atoms with Gasteiger partial charge in [0, 0.05) is 19.3 Å². The number of rotatable bonds is 51. The third-order valence-corrected chi connectivity index (χ3v) is 12.8. The van der Waals surface area contributed by atoms with Crippen LogP contribution in [-0.2, 0) is 28.6 Å². The molecule has 0 aromatic heterocycles. The predicted molar refractivity (Wildman–Crippen MR) is 266 cm³/mol. The zero-order chi connectivity index (χ0) is 45.2. The van der Waals surface area contributed by atoms with Crippen LogP contribution in [0.5, 0.6) is 0 Å². The zero-order valence-electron chi connectivity index (χ0n) is 42.3. The smallest absolute Gasteiger partial charge is 0.306 e. The number of ether oxygens (including phenoxy) is 3. The average molecular weight is 877 g/mol. The van der Waals surface area contributed by atoms with Crippen LogP contribution in [0.1, 0.15) is 317 Å². The largest absolute Gasteiger partial charge is 0.462 e. The molecule has 1 atom stereocenters. The normalized spacial score (nSPS) is 12.0. The predicted octanol–water partition coefficient (Wildman–Crippen LogP) is 18.2. The van der Waals surface area contributed by atoms with Crippen LogP contribution in [0, 0.1) is 5.92 Å². The van der Waals surface area contributed by atoms with E-state index in [4.69, 9.17) is 14.2 Å². The van der Waals surface area contributed by atoms with Crippen LogP contribution < -0.4 is 0 Å². The van der Waals surface area contributed by atoms with E-state index in [-0.39, 0.29) is 31.1 Å². The number of esters is 3. The SMILES string of the molecule is CCCCCCCCCCCCCCCCCC(=O)OC[C@@H](COC(=O)CCCCCCCCCCCCCCCC)OC(=O)CCCCCCCCCCCCCCC(C)C. The molecule has 6 heteroatoms. The molecule has 0 saturated heterocycles. The summed E-state index contributed by atoms with van der Waals surface area (Å²) in [6, 6.07) is 0. The van der Waals surface area contributed by atoms with E-state index in [9.17, 15) is 14.4 Å². The van der Waals surface area contributed by atoms with Crippen LogP contribution in [-0.4, -0.2) is 37.2 Å². The van der Waals surface area contributed by atoms with Crippen molar-refractivity contribution in [1.29, 1.82) is 0 Å². The van der Waals surface area contributed by atoms with E-state index in [1.807, 2.05) is 0 Å². The van der Waals surface area contributed by atoms with E-state index in [1.54, 1.807) is 0 Å². The lowest BCUT2D eigenvalue weighted by atomic mass is 10.0. The van der Waals surface area contributed by atoms with E-state index in [0.717, 1.165) is 63.7 Å². The molecule has 0 rings (SSSR count). The maximum absolute atomic E-state index is 12.8. The van der Waals surface area contributed by atoms with Crippen molar-refractivity contribution in [2.75, 3.05) is 13.2 Å². The molecule has 0 spiro atoms. The van der Waals surface area contributed by atoms with Crippen molar-refractivity contribution >= 4 is 17.9 Å². The molecule has 0 unspecified atom stereocenters. The Hall–Kier alpha value is -1.59. The van der Waals surface area contributed by atoms with Gasteiger partial charge in [0.25, 0.3) is 0 Å². The lowest BCUT2D eigenvalue weighted by molar-refractivity contribution is -0.167. The van der Waals surface area contributed by atoms with Crippen molar-refractivity contribution < 1.29 is 28.6 Å². The molecule has 0 bridgehead atoms. The van der Waals surface area contributed by atoms with Crippen LogP contribution in [0.2, 0.25) is 0 Å². The Kier molecular flexibility index (Phi) is 49.1. The Morgan fingerprint density at radius 1 is 0.306 bits per heavy atom. The van der Waals surface area contributed by atoms with Gasteiger partial charge in [-0.25, -0.2) is 0 Å². The summed E-state index contributed by atoms with van der Waals surface area (Å²) in [4.78, 5) is 38.1. The first-order valence-corrected chi connectivity index (χ1v) is 27.9. The molecule has 0 radical (unpaired) electrons. The molecule has 0 aliphatic rings. The second-order valence-corrected chi connectivity index (χ2v) is 19.7. The third kappa shape index (κ3) is 49.4. The van der Waals surface area contributed by atoms with Crippen molar-refractivity contribution in [3.63, 3.8) is 0 Å². The molecule has 368 valence electrons. The zero-order valence-corrected chi connectivity index (χ0v) is 42.3. The fourth-order valence-electron chi connectivity index (χ4n) is 8.57. The second-order valence-electron chi connectivity index (χ2n) is 19.7. The van der Waals surface area contributed by atoms with Gasteiger partial charge in [-0.15, -0.1) is 0 Å². The highest BCUT2D eigenvalue weighted by molar-refractivity contribution is 5.71.